The van der Waals surface area contributed by atoms with Crippen molar-refractivity contribution in [3.63, 3.8) is 0 Å². The third kappa shape index (κ3) is 6.97. The largest absolute Gasteiger partial charge is 0.382 e. The number of nitrogens with zero attached hydrogens (tertiary/aromatic N) is 3. The van der Waals surface area contributed by atoms with Crippen LogP contribution in [0.1, 0.15) is 51.5 Å². The highest BCUT2D eigenvalue weighted by atomic mass is 127. The van der Waals surface area contributed by atoms with Gasteiger partial charge in [0.05, 0.1) is 12.2 Å². The van der Waals surface area contributed by atoms with Crippen LogP contribution in [0, 0.1) is 5.41 Å². The molecule has 3 rings (SSSR count). The van der Waals surface area contributed by atoms with E-state index in [2.05, 4.69) is 47.8 Å². The second kappa shape index (κ2) is 12.9. The normalized spacial score (nSPS) is 15.6. The van der Waals surface area contributed by atoms with E-state index in [1.807, 2.05) is 23.0 Å². The van der Waals surface area contributed by atoms with Crippen molar-refractivity contribution >= 4 is 29.9 Å². The summed E-state index contributed by atoms with van der Waals surface area (Å²) >= 11 is 0. The maximum atomic E-state index is 5.65. The SMILES string of the molecule is CCNC(=NCc1ccccc1-n1cccn1)NCC1(CCOCC)CCCC1.I. The lowest BCUT2D eigenvalue weighted by atomic mass is 9.83. The zero-order chi connectivity index (χ0) is 20.4. The van der Waals surface area contributed by atoms with Crippen LogP contribution in [-0.4, -0.2) is 42.0 Å². The Labute approximate surface area is 197 Å². The quantitative estimate of drug-likeness (QED) is 0.207. The van der Waals surface area contributed by atoms with E-state index in [1.54, 1.807) is 6.20 Å². The van der Waals surface area contributed by atoms with E-state index in [-0.39, 0.29) is 24.0 Å². The molecule has 0 atom stereocenters. The molecule has 0 radical (unpaired) electrons. The number of aromatic nitrogens is 2. The molecule has 0 unspecified atom stereocenters. The molecule has 1 heterocycles. The Hall–Kier alpha value is -1.61. The summed E-state index contributed by atoms with van der Waals surface area (Å²) in [6, 6.07) is 10.2. The molecular weight excluding hydrogens is 489 g/mol. The summed E-state index contributed by atoms with van der Waals surface area (Å²) in [7, 11) is 0. The number of hydrogen-bond acceptors (Lipinski definition) is 3. The summed E-state index contributed by atoms with van der Waals surface area (Å²) in [6.45, 7) is 8.22. The predicted molar refractivity (Wildman–Crippen MR) is 134 cm³/mol. The average molecular weight is 525 g/mol. The molecule has 2 N–H and O–H groups in total. The van der Waals surface area contributed by atoms with Crippen LogP contribution in [0.5, 0.6) is 0 Å². The summed E-state index contributed by atoms with van der Waals surface area (Å²) in [6.07, 6.45) is 10.1. The minimum absolute atomic E-state index is 0. The van der Waals surface area contributed by atoms with Gasteiger partial charge < -0.3 is 15.4 Å². The van der Waals surface area contributed by atoms with E-state index in [9.17, 15) is 0 Å². The van der Waals surface area contributed by atoms with Crippen molar-refractivity contribution in [1.29, 1.82) is 0 Å². The number of hydrogen-bond donors (Lipinski definition) is 2. The lowest BCUT2D eigenvalue weighted by Gasteiger charge is -2.30. The van der Waals surface area contributed by atoms with Crippen molar-refractivity contribution < 1.29 is 4.74 Å². The van der Waals surface area contributed by atoms with Crippen LogP contribution < -0.4 is 10.6 Å². The molecule has 1 aromatic carbocycles. The van der Waals surface area contributed by atoms with Gasteiger partial charge in [-0.15, -0.1) is 24.0 Å². The fraction of sp³-hybridized carbons (Fsp3) is 0.565. The molecule has 1 aromatic heterocycles. The van der Waals surface area contributed by atoms with E-state index in [0.29, 0.717) is 12.0 Å². The first-order valence-corrected chi connectivity index (χ1v) is 10.9. The van der Waals surface area contributed by atoms with Gasteiger partial charge in [0.25, 0.3) is 0 Å². The van der Waals surface area contributed by atoms with Gasteiger partial charge in [0.2, 0.25) is 0 Å². The van der Waals surface area contributed by atoms with Crippen LogP contribution in [0.25, 0.3) is 5.69 Å². The summed E-state index contributed by atoms with van der Waals surface area (Å²) in [5, 5.41) is 11.4. The zero-order valence-electron chi connectivity index (χ0n) is 18.3. The first kappa shape index (κ1) is 24.7. The molecule has 0 saturated heterocycles. The van der Waals surface area contributed by atoms with Crippen LogP contribution in [-0.2, 0) is 11.3 Å². The first-order chi connectivity index (χ1) is 14.3. The van der Waals surface area contributed by atoms with Crippen LogP contribution in [0.4, 0.5) is 0 Å². The van der Waals surface area contributed by atoms with Gasteiger partial charge in [0, 0.05) is 38.7 Å². The minimum atomic E-state index is 0. The van der Waals surface area contributed by atoms with Gasteiger partial charge in [-0.3, -0.25) is 0 Å². The highest BCUT2D eigenvalue weighted by Gasteiger charge is 2.33. The maximum Gasteiger partial charge on any atom is 0.191 e. The molecule has 1 aliphatic carbocycles. The van der Waals surface area contributed by atoms with Crippen LogP contribution in [0.15, 0.2) is 47.7 Å². The summed E-state index contributed by atoms with van der Waals surface area (Å²) in [5.41, 5.74) is 2.56. The molecular formula is C23H36IN5O. The Morgan fingerprint density at radius 1 is 1.17 bits per heavy atom. The molecule has 30 heavy (non-hydrogen) atoms. The second-order valence-electron chi connectivity index (χ2n) is 7.78. The van der Waals surface area contributed by atoms with Gasteiger partial charge in [-0.1, -0.05) is 31.0 Å². The van der Waals surface area contributed by atoms with Crippen molar-refractivity contribution in [2.75, 3.05) is 26.3 Å². The van der Waals surface area contributed by atoms with Crippen molar-refractivity contribution in [3.8, 4) is 5.69 Å². The van der Waals surface area contributed by atoms with Gasteiger partial charge in [-0.2, -0.15) is 5.10 Å². The van der Waals surface area contributed by atoms with Crippen LogP contribution >= 0.6 is 24.0 Å². The van der Waals surface area contributed by atoms with Gasteiger partial charge >= 0.3 is 0 Å². The van der Waals surface area contributed by atoms with Gasteiger partial charge in [0.15, 0.2) is 5.96 Å². The fourth-order valence-corrected chi connectivity index (χ4v) is 4.13. The Kier molecular flexibility index (Phi) is 10.6. The monoisotopic (exact) mass is 525 g/mol. The second-order valence-corrected chi connectivity index (χ2v) is 7.78. The number of para-hydroxylation sites is 1. The third-order valence-corrected chi connectivity index (χ3v) is 5.77. The number of rotatable bonds is 10. The van der Waals surface area contributed by atoms with Gasteiger partial charge in [-0.25, -0.2) is 9.67 Å². The number of guanidine groups is 1. The van der Waals surface area contributed by atoms with Crippen molar-refractivity contribution in [1.82, 2.24) is 20.4 Å². The van der Waals surface area contributed by atoms with Crippen molar-refractivity contribution in [3.05, 3.63) is 48.3 Å². The minimum Gasteiger partial charge on any atom is -0.382 e. The average Bonchev–Trinajstić information content (AvgIpc) is 3.43. The predicted octanol–water partition coefficient (Wildman–Crippen LogP) is 4.53. The number of aliphatic imine (C=N–C) groups is 1. The van der Waals surface area contributed by atoms with E-state index >= 15 is 0 Å². The Balaban J connectivity index is 0.00000320. The Morgan fingerprint density at radius 3 is 2.67 bits per heavy atom. The lowest BCUT2D eigenvalue weighted by Crippen LogP contribution is -2.43. The summed E-state index contributed by atoms with van der Waals surface area (Å²) < 4.78 is 7.54. The van der Waals surface area contributed by atoms with Crippen molar-refractivity contribution in [2.45, 2.75) is 52.5 Å². The Morgan fingerprint density at radius 2 is 1.97 bits per heavy atom. The zero-order valence-corrected chi connectivity index (χ0v) is 20.6. The van der Waals surface area contributed by atoms with Crippen LogP contribution in [0.3, 0.4) is 0 Å². The van der Waals surface area contributed by atoms with Crippen molar-refractivity contribution in [2.24, 2.45) is 10.4 Å². The highest BCUT2D eigenvalue weighted by molar-refractivity contribution is 14.0. The van der Waals surface area contributed by atoms with E-state index in [1.165, 1.54) is 25.7 Å². The molecule has 7 heteroatoms. The highest BCUT2D eigenvalue weighted by Crippen LogP contribution is 2.40. The number of ether oxygens (including phenoxy) is 1. The molecule has 1 fully saturated rings. The van der Waals surface area contributed by atoms with Gasteiger partial charge in [-0.05, 0) is 56.2 Å². The molecule has 1 saturated carbocycles. The summed E-state index contributed by atoms with van der Waals surface area (Å²) in [4.78, 5) is 4.86. The lowest BCUT2D eigenvalue weighted by molar-refractivity contribution is 0.105. The number of benzene rings is 1. The molecule has 0 bridgehead atoms. The summed E-state index contributed by atoms with van der Waals surface area (Å²) in [5.74, 6) is 0.880. The van der Waals surface area contributed by atoms with Crippen LogP contribution in [0.2, 0.25) is 0 Å². The standard InChI is InChI=1S/C23H35N5O.HI/c1-3-24-22(26-19-23(12-7-8-13-23)14-17-29-4-2)25-18-20-10-5-6-11-21(20)28-16-9-15-27-28;/h5-6,9-11,15-16H,3-4,7-8,12-14,17-19H2,1-2H3,(H2,24,25,26);1H. The molecule has 1 aliphatic rings. The third-order valence-electron chi connectivity index (χ3n) is 5.77. The fourth-order valence-electron chi connectivity index (χ4n) is 4.13. The number of nitrogens with one attached hydrogen (secondary N) is 2. The molecule has 2 aromatic rings. The Bertz CT molecular complexity index is 757. The molecule has 166 valence electrons. The molecule has 0 aliphatic heterocycles. The maximum absolute atomic E-state index is 5.65. The molecule has 6 nitrogen and oxygen atoms in total. The smallest absolute Gasteiger partial charge is 0.191 e. The van der Waals surface area contributed by atoms with E-state index in [0.717, 1.165) is 49.9 Å². The topological polar surface area (TPSA) is 63.5 Å². The first-order valence-electron chi connectivity index (χ1n) is 10.9. The van der Waals surface area contributed by atoms with Gasteiger partial charge in [0.1, 0.15) is 0 Å². The molecule has 0 spiro atoms. The van der Waals surface area contributed by atoms with E-state index in [4.69, 9.17) is 9.73 Å². The van der Waals surface area contributed by atoms with E-state index < -0.39 is 0 Å². The molecule has 0 amide bonds. The number of halogens is 1.